The minimum Gasteiger partial charge on any atom is -0.444 e. The second kappa shape index (κ2) is 11.0. The highest BCUT2D eigenvalue weighted by molar-refractivity contribution is 5.90. The Hall–Kier alpha value is -3.88. The molecule has 2 aromatic rings. The fourth-order valence-electron chi connectivity index (χ4n) is 3.86. The summed E-state index contributed by atoms with van der Waals surface area (Å²) >= 11 is 0. The lowest BCUT2D eigenvalue weighted by atomic mass is 9.88. The van der Waals surface area contributed by atoms with E-state index in [1.165, 1.54) is 0 Å². The van der Waals surface area contributed by atoms with Crippen molar-refractivity contribution in [1.82, 2.24) is 10.6 Å². The van der Waals surface area contributed by atoms with Crippen molar-refractivity contribution in [2.45, 2.75) is 57.2 Å². The van der Waals surface area contributed by atoms with Crippen molar-refractivity contribution in [1.29, 1.82) is 10.5 Å². The Morgan fingerprint density at radius 2 is 1.66 bits per heavy atom. The van der Waals surface area contributed by atoms with Crippen LogP contribution in [0.1, 0.15) is 44.7 Å². The van der Waals surface area contributed by atoms with E-state index in [0.29, 0.717) is 25.2 Å². The predicted octanol–water partition coefficient (Wildman–Crippen LogP) is 3.85. The number of amides is 2. The van der Waals surface area contributed by atoms with Crippen LogP contribution in [0.2, 0.25) is 0 Å². The van der Waals surface area contributed by atoms with Gasteiger partial charge in [0.25, 0.3) is 0 Å². The minimum absolute atomic E-state index is 0.287. The minimum atomic E-state index is -1.20. The third-order valence-electron chi connectivity index (χ3n) is 5.72. The summed E-state index contributed by atoms with van der Waals surface area (Å²) in [4.78, 5) is 25.7. The molecule has 1 fully saturated rings. The number of hydrogen-bond donors (Lipinski definition) is 2. The van der Waals surface area contributed by atoms with Gasteiger partial charge in [-0.15, -0.1) is 0 Å². The quantitative estimate of drug-likeness (QED) is 0.653. The molecule has 1 aliphatic rings. The molecule has 0 unspecified atom stereocenters. The predicted molar refractivity (Wildman–Crippen MR) is 130 cm³/mol. The molecule has 0 spiro atoms. The van der Waals surface area contributed by atoms with E-state index in [4.69, 9.17) is 14.7 Å². The first kappa shape index (κ1) is 25.7. The fraction of sp³-hybridized carbons (Fsp3) is 0.407. The van der Waals surface area contributed by atoms with Gasteiger partial charge in [-0.25, -0.2) is 4.79 Å². The second-order valence-electron chi connectivity index (χ2n) is 9.57. The maximum Gasteiger partial charge on any atom is 0.408 e. The third-order valence-corrected chi connectivity index (χ3v) is 5.72. The molecule has 1 saturated heterocycles. The van der Waals surface area contributed by atoms with E-state index in [0.717, 1.165) is 16.7 Å². The molecule has 0 radical (unpaired) electrons. The van der Waals surface area contributed by atoms with Gasteiger partial charge < -0.3 is 20.1 Å². The lowest BCUT2D eigenvalue weighted by Crippen LogP contribution is -2.63. The van der Waals surface area contributed by atoms with Gasteiger partial charge in [-0.3, -0.25) is 4.79 Å². The topological polar surface area (TPSA) is 124 Å². The normalized spacial score (nSPS) is 15.7. The van der Waals surface area contributed by atoms with Crippen LogP contribution in [-0.4, -0.2) is 42.4 Å². The Morgan fingerprint density at radius 1 is 1.09 bits per heavy atom. The van der Waals surface area contributed by atoms with Crippen LogP contribution in [0.25, 0.3) is 11.1 Å². The van der Waals surface area contributed by atoms with Gasteiger partial charge in [-0.05, 0) is 49.6 Å². The number of rotatable bonds is 6. The molecular weight excluding hydrogens is 446 g/mol. The van der Waals surface area contributed by atoms with Crippen molar-refractivity contribution in [2.75, 3.05) is 13.2 Å². The van der Waals surface area contributed by atoms with E-state index in [1.54, 1.807) is 32.9 Å². The van der Waals surface area contributed by atoms with E-state index < -0.39 is 29.2 Å². The van der Waals surface area contributed by atoms with Gasteiger partial charge in [0.2, 0.25) is 5.91 Å². The number of nitrogens with one attached hydrogen (secondary N) is 2. The van der Waals surface area contributed by atoms with Crippen molar-refractivity contribution in [3.63, 3.8) is 0 Å². The number of carbonyl (C=O) groups excluding carboxylic acids is 2. The van der Waals surface area contributed by atoms with Crippen LogP contribution < -0.4 is 10.6 Å². The summed E-state index contributed by atoms with van der Waals surface area (Å²) in [5.41, 5.74) is 1.55. The van der Waals surface area contributed by atoms with Crippen molar-refractivity contribution < 1.29 is 19.1 Å². The monoisotopic (exact) mass is 476 g/mol. The van der Waals surface area contributed by atoms with E-state index in [2.05, 4.69) is 22.8 Å². The summed E-state index contributed by atoms with van der Waals surface area (Å²) in [5.74, 6) is -0.424. The van der Waals surface area contributed by atoms with Crippen LogP contribution in [0, 0.1) is 22.7 Å². The SMILES string of the molecule is CC(C)(C)OC(=O)NC1(C(=O)N[C@H](C#N)Cc2ccc(-c3ccc([14C]#N)cc3)cc2)CCOCC1. The van der Waals surface area contributed by atoms with E-state index >= 15 is 0 Å². The zero-order valence-corrected chi connectivity index (χ0v) is 20.3. The molecule has 8 nitrogen and oxygen atoms in total. The first-order valence-corrected chi connectivity index (χ1v) is 11.5. The largest absolute Gasteiger partial charge is 0.444 e. The van der Waals surface area contributed by atoms with Gasteiger partial charge in [0.1, 0.15) is 17.2 Å². The standard InChI is InChI=1S/C27H30N4O4/c1-26(2,3)35-25(33)31-27(12-14-34-15-13-27)24(32)30-23(18-29)16-19-4-8-21(9-5-19)22-10-6-20(17-28)7-11-22/h4-11,23H,12-16H2,1-3H3,(H,30,32)(H,31,33)/t23-/m0/s1/i17+2. The number of benzene rings is 2. The molecule has 3 rings (SSSR count). The smallest absolute Gasteiger partial charge is 0.408 e. The lowest BCUT2D eigenvalue weighted by Gasteiger charge is -2.37. The van der Waals surface area contributed by atoms with Gasteiger partial charge >= 0.3 is 6.09 Å². The van der Waals surface area contributed by atoms with Gasteiger partial charge in [-0.2, -0.15) is 10.5 Å². The molecule has 0 aromatic heterocycles. The van der Waals surface area contributed by atoms with Crippen LogP contribution in [0.4, 0.5) is 4.79 Å². The van der Waals surface area contributed by atoms with Crippen molar-refractivity contribution in [3.8, 4) is 23.3 Å². The van der Waals surface area contributed by atoms with E-state index in [9.17, 15) is 14.9 Å². The number of ether oxygens (including phenoxy) is 2. The molecule has 0 aliphatic carbocycles. The molecule has 2 N–H and O–H groups in total. The highest BCUT2D eigenvalue weighted by atomic mass is 16.6. The van der Waals surface area contributed by atoms with Crippen LogP contribution in [-0.2, 0) is 20.7 Å². The average Bonchev–Trinajstić information content (AvgIpc) is 2.83. The van der Waals surface area contributed by atoms with Crippen molar-refractivity contribution in [3.05, 3.63) is 59.7 Å². The van der Waals surface area contributed by atoms with Crippen molar-refractivity contribution in [2.24, 2.45) is 0 Å². The summed E-state index contributed by atoms with van der Waals surface area (Å²) in [7, 11) is 0. The third kappa shape index (κ3) is 7.05. The van der Waals surface area contributed by atoms with E-state index in [-0.39, 0.29) is 12.8 Å². The molecular formula is C27H30N4O4. The average molecular weight is 477 g/mol. The molecule has 2 amide bonds. The van der Waals surface area contributed by atoms with Gasteiger partial charge in [-0.1, -0.05) is 36.4 Å². The number of alkyl carbamates (subject to hydrolysis) is 1. The summed E-state index contributed by atoms with van der Waals surface area (Å²) in [5, 5.41) is 24.2. The second-order valence-corrected chi connectivity index (χ2v) is 9.57. The number of carbonyl (C=O) groups is 2. The Morgan fingerprint density at radius 3 is 2.17 bits per heavy atom. The molecule has 2 aromatic carbocycles. The van der Waals surface area contributed by atoms with Crippen molar-refractivity contribution >= 4 is 12.0 Å². The number of hydrogen-bond acceptors (Lipinski definition) is 6. The van der Waals surface area contributed by atoms with Crippen LogP contribution in [0.5, 0.6) is 0 Å². The molecule has 1 aliphatic heterocycles. The van der Waals surface area contributed by atoms with Crippen LogP contribution in [0.3, 0.4) is 0 Å². The van der Waals surface area contributed by atoms with Gasteiger partial charge in [0.05, 0.1) is 17.7 Å². The Labute approximate surface area is 205 Å². The Kier molecular flexibility index (Phi) is 8.11. The summed E-state index contributed by atoms with van der Waals surface area (Å²) in [6.07, 6.45) is 0.210. The van der Waals surface area contributed by atoms with Crippen LogP contribution >= 0.6 is 0 Å². The summed E-state index contributed by atoms with van der Waals surface area (Å²) < 4.78 is 10.7. The maximum absolute atomic E-state index is 13.3. The summed E-state index contributed by atoms with van der Waals surface area (Å²) in [6.45, 7) is 5.89. The molecule has 1 atom stereocenters. The molecule has 182 valence electrons. The molecule has 8 heteroatoms. The molecule has 0 saturated carbocycles. The Balaban J connectivity index is 1.67. The molecule has 35 heavy (non-hydrogen) atoms. The zero-order chi connectivity index (χ0) is 25.5. The highest BCUT2D eigenvalue weighted by Crippen LogP contribution is 2.24. The number of nitrogens with zero attached hydrogens (tertiary/aromatic N) is 2. The molecule has 0 bridgehead atoms. The van der Waals surface area contributed by atoms with Gasteiger partial charge in [0, 0.05) is 32.5 Å². The van der Waals surface area contributed by atoms with Crippen LogP contribution in [0.15, 0.2) is 48.5 Å². The van der Waals surface area contributed by atoms with E-state index in [1.807, 2.05) is 36.4 Å². The van der Waals surface area contributed by atoms with Gasteiger partial charge in [0.15, 0.2) is 0 Å². The maximum atomic E-state index is 13.3. The zero-order valence-electron chi connectivity index (χ0n) is 20.3. The fourth-order valence-corrected chi connectivity index (χ4v) is 3.86. The molecule has 1 heterocycles. The lowest BCUT2D eigenvalue weighted by molar-refractivity contribution is -0.132. The summed E-state index contributed by atoms with van der Waals surface area (Å²) in [6, 6.07) is 18.5. The first-order valence-electron chi connectivity index (χ1n) is 11.5. The highest BCUT2D eigenvalue weighted by Gasteiger charge is 2.43. The Bertz CT molecular complexity index is 1120. The first-order chi connectivity index (χ1) is 16.6. The number of nitriles is 2.